The number of fused-ring (bicyclic) bond motifs is 1. The van der Waals surface area contributed by atoms with Crippen LogP contribution in [0.2, 0.25) is 0 Å². The molecule has 3 heterocycles. The average molecular weight is 378 g/mol. The van der Waals surface area contributed by atoms with E-state index in [1.165, 1.54) is 18.4 Å². The molecule has 0 saturated heterocycles. The maximum absolute atomic E-state index is 9.85. The van der Waals surface area contributed by atoms with Gasteiger partial charge in [-0.2, -0.15) is 5.26 Å². The lowest BCUT2D eigenvalue weighted by molar-refractivity contribution is 0.487. The number of rotatable bonds is 4. The van der Waals surface area contributed by atoms with Crippen molar-refractivity contribution in [2.75, 3.05) is 0 Å². The van der Waals surface area contributed by atoms with E-state index in [1.54, 1.807) is 6.20 Å². The van der Waals surface area contributed by atoms with Crippen molar-refractivity contribution in [3.05, 3.63) is 72.6 Å². The van der Waals surface area contributed by atoms with Gasteiger partial charge in [-0.3, -0.25) is 4.98 Å². The van der Waals surface area contributed by atoms with Gasteiger partial charge in [-0.05, 0) is 68.0 Å². The molecule has 0 atom stereocenters. The number of nitriles is 1. The van der Waals surface area contributed by atoms with Crippen LogP contribution in [0.15, 0.2) is 67.0 Å². The quantitative estimate of drug-likeness (QED) is 0.444. The van der Waals surface area contributed by atoms with Gasteiger partial charge in [0, 0.05) is 23.3 Å². The number of benzene rings is 1. The number of aromatic nitrogens is 3. The van der Waals surface area contributed by atoms with Crippen LogP contribution in [-0.4, -0.2) is 14.5 Å². The molecule has 1 saturated carbocycles. The van der Waals surface area contributed by atoms with Crippen LogP contribution < -0.4 is 0 Å². The van der Waals surface area contributed by atoms with Crippen LogP contribution >= 0.6 is 0 Å². The maximum Gasteiger partial charge on any atom is 0.141 e. The van der Waals surface area contributed by atoms with Crippen LogP contribution in [0.5, 0.6) is 0 Å². The molecule has 1 aliphatic carbocycles. The summed E-state index contributed by atoms with van der Waals surface area (Å²) in [5.41, 5.74) is 5.50. The minimum absolute atomic E-state index is 0.717. The summed E-state index contributed by atoms with van der Waals surface area (Å²) in [6.07, 6.45) is 6.22. The topological polar surface area (TPSA) is 54.5 Å². The van der Waals surface area contributed by atoms with E-state index < -0.39 is 5.54 Å². The van der Waals surface area contributed by atoms with Crippen LogP contribution in [0, 0.1) is 11.3 Å². The minimum Gasteiger partial charge on any atom is -0.307 e. The summed E-state index contributed by atoms with van der Waals surface area (Å²) in [7, 11) is 0. The van der Waals surface area contributed by atoms with E-state index in [4.69, 9.17) is 4.98 Å². The Bertz CT molecular complexity index is 1220. The van der Waals surface area contributed by atoms with Gasteiger partial charge in [0.15, 0.2) is 0 Å². The maximum atomic E-state index is 9.85. The molecule has 0 radical (unpaired) electrons. The zero-order valence-corrected chi connectivity index (χ0v) is 16.6. The second-order valence-corrected chi connectivity index (χ2v) is 8.28. The van der Waals surface area contributed by atoms with E-state index in [1.807, 2.05) is 38.2 Å². The molecule has 29 heavy (non-hydrogen) atoms. The molecule has 0 N–H and O–H groups in total. The summed E-state index contributed by atoms with van der Waals surface area (Å²) in [6.45, 7) is 3.87. The highest BCUT2D eigenvalue weighted by Gasteiger charge is 2.27. The zero-order chi connectivity index (χ0) is 20.0. The lowest BCUT2D eigenvalue weighted by atomic mass is 10.0. The molecule has 1 aromatic carbocycles. The normalized spacial score (nSPS) is 14.1. The molecule has 4 heteroatoms. The van der Waals surface area contributed by atoms with Crippen molar-refractivity contribution in [2.45, 2.75) is 38.1 Å². The first kappa shape index (κ1) is 17.6. The molecule has 4 nitrogen and oxygen atoms in total. The summed E-state index contributed by atoms with van der Waals surface area (Å²) < 4.78 is 2.05. The lowest BCUT2D eigenvalue weighted by Gasteiger charge is -2.22. The molecular formula is C25H22N4. The lowest BCUT2D eigenvalue weighted by Crippen LogP contribution is -2.25. The third-order valence-corrected chi connectivity index (χ3v) is 5.69. The molecule has 3 aromatic heterocycles. The molecule has 1 fully saturated rings. The first-order chi connectivity index (χ1) is 14.1. The van der Waals surface area contributed by atoms with E-state index >= 15 is 0 Å². The second kappa shape index (κ2) is 6.56. The molecule has 0 aliphatic heterocycles. The Labute approximate surface area is 170 Å². The number of hydrogen-bond donors (Lipinski definition) is 0. The molecule has 4 aromatic rings. The zero-order valence-electron chi connectivity index (χ0n) is 16.6. The first-order valence-electron chi connectivity index (χ1n) is 10.0. The molecule has 1 aliphatic rings. The largest absolute Gasteiger partial charge is 0.307 e. The highest BCUT2D eigenvalue weighted by molar-refractivity contribution is 5.87. The van der Waals surface area contributed by atoms with Crippen LogP contribution in [0.1, 0.15) is 38.2 Å². The van der Waals surface area contributed by atoms with E-state index in [2.05, 4.69) is 52.0 Å². The predicted molar refractivity (Wildman–Crippen MR) is 115 cm³/mol. The second-order valence-electron chi connectivity index (χ2n) is 8.28. The average Bonchev–Trinajstić information content (AvgIpc) is 3.53. The Kier molecular flexibility index (Phi) is 3.99. The van der Waals surface area contributed by atoms with Crippen molar-refractivity contribution < 1.29 is 0 Å². The van der Waals surface area contributed by atoms with Crippen molar-refractivity contribution in [3.8, 4) is 28.6 Å². The third-order valence-electron chi connectivity index (χ3n) is 5.69. The van der Waals surface area contributed by atoms with Crippen molar-refractivity contribution >= 4 is 11.0 Å². The van der Waals surface area contributed by atoms with E-state index in [0.717, 1.165) is 39.5 Å². The van der Waals surface area contributed by atoms with Gasteiger partial charge >= 0.3 is 0 Å². The first-order valence-corrected chi connectivity index (χ1v) is 10.0. The Morgan fingerprint density at radius 1 is 1.00 bits per heavy atom. The molecule has 0 spiro atoms. The van der Waals surface area contributed by atoms with Gasteiger partial charge in [-0.1, -0.05) is 30.3 Å². The Hall–Kier alpha value is -3.45. The monoisotopic (exact) mass is 378 g/mol. The molecule has 5 rings (SSSR count). The smallest absolute Gasteiger partial charge is 0.141 e. The van der Waals surface area contributed by atoms with Crippen molar-refractivity contribution in [1.82, 2.24) is 14.5 Å². The summed E-state index contributed by atoms with van der Waals surface area (Å²) in [5, 5.41) is 10.9. The number of pyridine rings is 2. The van der Waals surface area contributed by atoms with Crippen LogP contribution in [0.4, 0.5) is 0 Å². The highest BCUT2D eigenvalue weighted by Crippen LogP contribution is 2.41. The number of hydrogen-bond acceptors (Lipinski definition) is 3. The van der Waals surface area contributed by atoms with E-state index in [0.29, 0.717) is 0 Å². The van der Waals surface area contributed by atoms with Gasteiger partial charge in [-0.25, -0.2) is 4.98 Å². The van der Waals surface area contributed by atoms with E-state index in [9.17, 15) is 5.26 Å². The van der Waals surface area contributed by atoms with E-state index in [-0.39, 0.29) is 0 Å². The SMILES string of the molecule is CC(C)(C#N)n1c(-c2ccc(C3CC3)cc2)cc2cc(-c3ccccn3)cnc21. The fourth-order valence-electron chi connectivity index (χ4n) is 3.94. The highest BCUT2D eigenvalue weighted by atomic mass is 15.1. The fraction of sp³-hybridized carbons (Fsp3) is 0.240. The van der Waals surface area contributed by atoms with Crippen LogP contribution in [0.3, 0.4) is 0 Å². The molecule has 0 bridgehead atoms. The standard InChI is InChI=1S/C25H22N4/c1-25(2,16-26)29-23(19-10-8-18(9-11-19)17-6-7-17)14-20-13-21(15-28-24(20)29)22-5-3-4-12-27-22/h3-5,8-15,17H,6-7H2,1-2H3. The molecule has 142 valence electrons. The summed E-state index contributed by atoms with van der Waals surface area (Å²) in [5.74, 6) is 0.730. The summed E-state index contributed by atoms with van der Waals surface area (Å²) in [4.78, 5) is 9.19. The molecule has 0 amide bonds. The van der Waals surface area contributed by atoms with Crippen LogP contribution in [-0.2, 0) is 5.54 Å². The van der Waals surface area contributed by atoms with Crippen molar-refractivity contribution in [1.29, 1.82) is 5.26 Å². The van der Waals surface area contributed by atoms with Crippen LogP contribution in [0.25, 0.3) is 33.5 Å². The van der Waals surface area contributed by atoms with Crippen molar-refractivity contribution in [2.24, 2.45) is 0 Å². The molecular weight excluding hydrogens is 356 g/mol. The minimum atomic E-state index is -0.717. The van der Waals surface area contributed by atoms with Gasteiger partial charge in [-0.15, -0.1) is 0 Å². The van der Waals surface area contributed by atoms with Gasteiger partial charge in [0.1, 0.15) is 11.2 Å². The van der Waals surface area contributed by atoms with Gasteiger partial charge in [0.2, 0.25) is 0 Å². The Balaban J connectivity index is 1.69. The Morgan fingerprint density at radius 3 is 2.45 bits per heavy atom. The van der Waals surface area contributed by atoms with Gasteiger partial charge < -0.3 is 4.57 Å². The van der Waals surface area contributed by atoms with Gasteiger partial charge in [0.05, 0.1) is 17.5 Å². The van der Waals surface area contributed by atoms with Crippen molar-refractivity contribution in [3.63, 3.8) is 0 Å². The van der Waals surface area contributed by atoms with Gasteiger partial charge in [0.25, 0.3) is 0 Å². The fourth-order valence-corrected chi connectivity index (χ4v) is 3.94. The summed E-state index contributed by atoms with van der Waals surface area (Å²) >= 11 is 0. The third kappa shape index (κ3) is 3.09. The summed E-state index contributed by atoms with van der Waals surface area (Å²) in [6, 6.07) is 21.3. The molecule has 0 unspecified atom stereocenters. The predicted octanol–water partition coefficient (Wildman–Crippen LogP) is 5.90. The number of nitrogens with zero attached hydrogens (tertiary/aromatic N) is 4. The Morgan fingerprint density at radius 2 is 1.79 bits per heavy atom.